The van der Waals surface area contributed by atoms with E-state index in [4.69, 9.17) is 20.6 Å². The van der Waals surface area contributed by atoms with Crippen LogP contribution in [0.1, 0.15) is 22.0 Å². The first-order valence-corrected chi connectivity index (χ1v) is 12.4. The minimum atomic E-state index is -0.747. The molecule has 1 aromatic heterocycles. The smallest absolute Gasteiger partial charge is 0.237 e. The molecule has 2 heterocycles. The van der Waals surface area contributed by atoms with Crippen molar-refractivity contribution in [2.45, 2.75) is 25.5 Å². The van der Waals surface area contributed by atoms with E-state index in [-0.39, 0.29) is 31.7 Å². The molecule has 8 heteroatoms. The predicted molar refractivity (Wildman–Crippen MR) is 133 cm³/mol. The number of carbonyl (C=O) groups is 1. The van der Waals surface area contributed by atoms with Gasteiger partial charge in [0.15, 0.2) is 0 Å². The molecule has 1 N–H and O–H groups in total. The summed E-state index contributed by atoms with van der Waals surface area (Å²) < 4.78 is 16.6. The van der Waals surface area contributed by atoms with E-state index in [2.05, 4.69) is 17.4 Å². The van der Waals surface area contributed by atoms with E-state index in [9.17, 15) is 9.90 Å². The molecule has 0 saturated heterocycles. The number of nitrogens with zero attached hydrogens (tertiary/aromatic N) is 2. The summed E-state index contributed by atoms with van der Waals surface area (Å²) in [5.74, 6) is 3.18. The summed E-state index contributed by atoms with van der Waals surface area (Å²) in [7, 11) is 1.62. The average molecular weight is 487 g/mol. The number of thiophene rings is 1. The molecule has 0 spiro atoms. The highest BCUT2D eigenvalue weighted by atomic mass is 32.1. The molecule has 2 aromatic rings. The Morgan fingerprint density at radius 1 is 1.35 bits per heavy atom. The van der Waals surface area contributed by atoms with Gasteiger partial charge in [0.25, 0.3) is 0 Å². The SMILES string of the molecule is C#CCOCC(O)CN(CCOC)CC(=O)N1CCc2sccc2C1COc1ccc(C)cc1. The van der Waals surface area contributed by atoms with Gasteiger partial charge in [-0.3, -0.25) is 9.69 Å². The normalized spacial score (nSPS) is 16.2. The molecule has 1 amide bonds. The van der Waals surface area contributed by atoms with Crippen molar-refractivity contribution in [3.63, 3.8) is 0 Å². The number of fused-ring (bicyclic) bond motifs is 1. The van der Waals surface area contributed by atoms with Gasteiger partial charge in [-0.2, -0.15) is 0 Å². The number of aliphatic hydroxyl groups excluding tert-OH is 1. The lowest BCUT2D eigenvalue weighted by molar-refractivity contribution is -0.136. The van der Waals surface area contributed by atoms with Gasteiger partial charge in [0, 0.05) is 31.6 Å². The fourth-order valence-corrected chi connectivity index (χ4v) is 4.95. The molecule has 0 radical (unpaired) electrons. The van der Waals surface area contributed by atoms with Crippen molar-refractivity contribution in [2.24, 2.45) is 0 Å². The van der Waals surface area contributed by atoms with Crippen LogP contribution in [0.15, 0.2) is 35.7 Å². The number of carbonyl (C=O) groups excluding carboxylic acids is 1. The first-order valence-electron chi connectivity index (χ1n) is 11.5. The zero-order valence-electron chi connectivity index (χ0n) is 19.9. The molecule has 7 nitrogen and oxygen atoms in total. The third kappa shape index (κ3) is 7.55. The van der Waals surface area contributed by atoms with Gasteiger partial charge in [0.2, 0.25) is 5.91 Å². The summed E-state index contributed by atoms with van der Waals surface area (Å²) in [4.78, 5) is 18.6. The van der Waals surface area contributed by atoms with Gasteiger partial charge in [-0.05, 0) is 42.5 Å². The predicted octanol–water partition coefficient (Wildman–Crippen LogP) is 2.52. The van der Waals surface area contributed by atoms with E-state index >= 15 is 0 Å². The molecule has 0 bridgehead atoms. The van der Waals surface area contributed by atoms with Crippen LogP contribution in [-0.2, 0) is 20.7 Å². The highest BCUT2D eigenvalue weighted by molar-refractivity contribution is 7.10. The molecule has 1 aromatic carbocycles. The molecule has 0 saturated carbocycles. The summed E-state index contributed by atoms with van der Waals surface area (Å²) in [5, 5.41) is 12.4. The molecule has 0 aliphatic carbocycles. The molecule has 0 fully saturated rings. The number of methoxy groups -OCH3 is 1. The highest BCUT2D eigenvalue weighted by Crippen LogP contribution is 2.34. The van der Waals surface area contributed by atoms with Gasteiger partial charge in [-0.15, -0.1) is 17.8 Å². The van der Waals surface area contributed by atoms with Gasteiger partial charge < -0.3 is 24.2 Å². The summed E-state index contributed by atoms with van der Waals surface area (Å²) in [5.41, 5.74) is 2.33. The lowest BCUT2D eigenvalue weighted by Gasteiger charge is -2.37. The second kappa shape index (κ2) is 13.5. The van der Waals surface area contributed by atoms with Gasteiger partial charge in [-0.1, -0.05) is 23.6 Å². The van der Waals surface area contributed by atoms with E-state index in [1.54, 1.807) is 18.4 Å². The number of rotatable bonds is 13. The average Bonchev–Trinajstić information content (AvgIpc) is 3.31. The molecular formula is C26H34N2O5S. The van der Waals surface area contributed by atoms with Crippen LogP contribution in [0.2, 0.25) is 0 Å². The Labute approximate surface area is 206 Å². The van der Waals surface area contributed by atoms with Crippen molar-refractivity contribution in [3.8, 4) is 18.1 Å². The highest BCUT2D eigenvalue weighted by Gasteiger charge is 2.33. The Kier molecular flexibility index (Phi) is 10.4. The molecule has 3 rings (SSSR count). The Hall–Kier alpha value is -2.41. The molecule has 2 unspecified atom stereocenters. The topological polar surface area (TPSA) is 71.5 Å². The van der Waals surface area contributed by atoms with Gasteiger partial charge in [0.1, 0.15) is 19.0 Å². The summed E-state index contributed by atoms with van der Waals surface area (Å²) in [6.45, 7) is 4.79. The summed E-state index contributed by atoms with van der Waals surface area (Å²) in [6, 6.07) is 9.88. The van der Waals surface area contributed by atoms with Gasteiger partial charge in [-0.25, -0.2) is 0 Å². The summed E-state index contributed by atoms with van der Waals surface area (Å²) in [6.07, 6.45) is 5.28. The first kappa shape index (κ1) is 26.2. The monoisotopic (exact) mass is 486 g/mol. The van der Waals surface area contributed by atoms with Crippen LogP contribution in [0.25, 0.3) is 0 Å². The first-order chi connectivity index (χ1) is 16.5. The van der Waals surface area contributed by atoms with Gasteiger partial charge >= 0.3 is 0 Å². The molecule has 34 heavy (non-hydrogen) atoms. The van der Waals surface area contributed by atoms with Crippen molar-refractivity contribution in [3.05, 3.63) is 51.7 Å². The fraction of sp³-hybridized carbons (Fsp3) is 0.500. The summed E-state index contributed by atoms with van der Waals surface area (Å²) >= 11 is 1.73. The van der Waals surface area contributed by atoms with Crippen LogP contribution >= 0.6 is 11.3 Å². The molecule has 2 atom stereocenters. The molecule has 1 aliphatic rings. The van der Waals surface area contributed by atoms with E-state index < -0.39 is 6.10 Å². The van der Waals surface area contributed by atoms with Crippen LogP contribution in [0, 0.1) is 19.3 Å². The minimum Gasteiger partial charge on any atom is -0.491 e. The van der Waals surface area contributed by atoms with Crippen molar-refractivity contribution >= 4 is 17.2 Å². The van der Waals surface area contributed by atoms with Crippen molar-refractivity contribution in [1.29, 1.82) is 0 Å². The number of aliphatic hydroxyl groups is 1. The number of aryl methyl sites for hydroxylation is 1. The number of amides is 1. The second-order valence-corrected chi connectivity index (χ2v) is 9.38. The maximum absolute atomic E-state index is 13.5. The zero-order valence-corrected chi connectivity index (χ0v) is 20.8. The lowest BCUT2D eigenvalue weighted by atomic mass is 10.0. The molecule has 1 aliphatic heterocycles. The van der Waals surface area contributed by atoms with Crippen LogP contribution < -0.4 is 4.74 Å². The van der Waals surface area contributed by atoms with E-state index in [0.29, 0.717) is 32.8 Å². The number of hydrogen-bond acceptors (Lipinski definition) is 7. The largest absolute Gasteiger partial charge is 0.491 e. The standard InChI is InChI=1S/C26H34N2O5S/c1-4-13-32-18-21(29)16-27(12-14-31-3)17-26(30)28-11-9-25-23(10-15-34-25)24(28)19-33-22-7-5-20(2)6-8-22/h1,5-8,10,15,21,24,29H,9,11-14,16-19H2,2-3H3. The molecular weight excluding hydrogens is 452 g/mol. The van der Waals surface area contributed by atoms with Crippen LogP contribution in [0.4, 0.5) is 0 Å². The van der Waals surface area contributed by atoms with E-state index in [1.807, 2.05) is 41.0 Å². The maximum Gasteiger partial charge on any atom is 0.237 e. The third-order valence-corrected chi connectivity index (χ3v) is 6.78. The Morgan fingerprint density at radius 3 is 2.88 bits per heavy atom. The number of ether oxygens (including phenoxy) is 3. The van der Waals surface area contributed by atoms with E-state index in [0.717, 1.165) is 17.7 Å². The van der Waals surface area contributed by atoms with Crippen molar-refractivity contribution in [1.82, 2.24) is 9.80 Å². The Bertz CT molecular complexity index is 939. The van der Waals surface area contributed by atoms with Gasteiger partial charge in [0.05, 0.1) is 31.9 Å². The maximum atomic E-state index is 13.5. The van der Waals surface area contributed by atoms with Crippen molar-refractivity contribution in [2.75, 3.05) is 59.7 Å². The Morgan fingerprint density at radius 2 is 2.15 bits per heavy atom. The Balaban J connectivity index is 1.67. The fourth-order valence-electron chi connectivity index (χ4n) is 4.03. The minimum absolute atomic E-state index is 0.00204. The number of terminal acetylenes is 1. The number of benzene rings is 1. The second-order valence-electron chi connectivity index (χ2n) is 8.38. The molecule has 184 valence electrons. The van der Waals surface area contributed by atoms with Crippen molar-refractivity contribution < 1.29 is 24.1 Å². The van der Waals surface area contributed by atoms with E-state index in [1.165, 1.54) is 10.4 Å². The third-order valence-electron chi connectivity index (χ3n) is 5.78. The number of hydrogen-bond donors (Lipinski definition) is 1. The van der Waals surface area contributed by atoms with Crippen LogP contribution in [0.5, 0.6) is 5.75 Å². The van der Waals surface area contributed by atoms with Crippen LogP contribution in [0.3, 0.4) is 0 Å². The zero-order chi connectivity index (χ0) is 24.3. The lowest BCUT2D eigenvalue weighted by Crippen LogP contribution is -2.48. The quantitative estimate of drug-likeness (QED) is 0.347. The van der Waals surface area contributed by atoms with Crippen LogP contribution in [-0.4, -0.2) is 86.6 Å².